The summed E-state index contributed by atoms with van der Waals surface area (Å²) in [6.07, 6.45) is 0.829. The minimum absolute atomic E-state index is 0.103. The van der Waals surface area contributed by atoms with Crippen LogP contribution in [-0.4, -0.2) is 25.9 Å². The van der Waals surface area contributed by atoms with Gasteiger partial charge in [-0.25, -0.2) is 9.89 Å². The smallest absolute Gasteiger partial charge is 0.325 e. The van der Waals surface area contributed by atoms with Crippen LogP contribution < -0.4 is 11.0 Å². The summed E-state index contributed by atoms with van der Waals surface area (Å²) in [5, 5.41) is 9.64. The number of anilines is 1. The van der Waals surface area contributed by atoms with E-state index in [1.807, 2.05) is 46.8 Å². The van der Waals surface area contributed by atoms with E-state index >= 15 is 0 Å². The highest BCUT2D eigenvalue weighted by atomic mass is 32.2. The molecule has 6 nitrogen and oxygen atoms in total. The molecule has 1 heterocycles. The van der Waals surface area contributed by atoms with Gasteiger partial charge in [-0.15, -0.1) is 5.10 Å². The second kappa shape index (κ2) is 7.70. The molecule has 2 aromatic rings. The Labute approximate surface area is 146 Å². The summed E-state index contributed by atoms with van der Waals surface area (Å²) in [7, 11) is 0. The Kier molecular flexibility index (Phi) is 5.88. The number of carbonyl (C=O) groups is 1. The van der Waals surface area contributed by atoms with Gasteiger partial charge in [0.15, 0.2) is 5.16 Å². The van der Waals surface area contributed by atoms with Crippen LogP contribution in [0.5, 0.6) is 0 Å². The molecule has 1 aromatic heterocycles. The maximum atomic E-state index is 12.5. The van der Waals surface area contributed by atoms with E-state index in [9.17, 15) is 9.59 Å². The van der Waals surface area contributed by atoms with Crippen LogP contribution in [0.2, 0.25) is 0 Å². The third-order valence-corrected chi connectivity index (χ3v) is 4.84. The Balaban J connectivity index is 2.12. The minimum Gasteiger partial charge on any atom is -0.325 e. The topological polar surface area (TPSA) is 79.8 Å². The number of aromatic nitrogens is 3. The van der Waals surface area contributed by atoms with Crippen molar-refractivity contribution in [3.63, 3.8) is 0 Å². The van der Waals surface area contributed by atoms with Gasteiger partial charge in [0, 0.05) is 12.2 Å². The lowest BCUT2D eigenvalue weighted by Crippen LogP contribution is -2.24. The lowest BCUT2D eigenvalue weighted by Gasteiger charge is -2.16. The predicted octanol–water partition coefficient (Wildman–Crippen LogP) is 3.03. The van der Waals surface area contributed by atoms with Gasteiger partial charge in [0.25, 0.3) is 0 Å². The average molecular weight is 348 g/mol. The Hall–Kier alpha value is -2.02. The number of amides is 1. The minimum atomic E-state index is -0.365. The maximum absolute atomic E-state index is 12.5. The Morgan fingerprint density at radius 1 is 1.33 bits per heavy atom. The summed E-state index contributed by atoms with van der Waals surface area (Å²) < 4.78 is 1.57. The van der Waals surface area contributed by atoms with E-state index in [1.54, 1.807) is 4.57 Å². The number of hydrogen-bond acceptors (Lipinski definition) is 4. The fraction of sp³-hybridized carbons (Fsp3) is 0.471. The first-order valence-electron chi connectivity index (χ1n) is 8.04. The van der Waals surface area contributed by atoms with E-state index in [4.69, 9.17) is 0 Å². The molecule has 0 spiro atoms. The summed E-state index contributed by atoms with van der Waals surface area (Å²) in [5.74, 6) is -0.103. The highest BCUT2D eigenvalue weighted by molar-refractivity contribution is 8.00. The molecule has 24 heavy (non-hydrogen) atoms. The molecular formula is C17H24N4O2S. The van der Waals surface area contributed by atoms with Crippen molar-refractivity contribution >= 4 is 23.4 Å². The van der Waals surface area contributed by atoms with E-state index in [0.717, 1.165) is 23.2 Å². The SMILES string of the molecule is CCCn1c(SC(C)C(=O)Nc2c(C)cc(C)cc2C)n[nH]c1=O. The normalized spacial score (nSPS) is 12.2. The van der Waals surface area contributed by atoms with E-state index < -0.39 is 0 Å². The number of hydrogen-bond donors (Lipinski definition) is 2. The Morgan fingerprint density at radius 2 is 1.96 bits per heavy atom. The molecule has 2 N–H and O–H groups in total. The van der Waals surface area contributed by atoms with Gasteiger partial charge in [-0.1, -0.05) is 36.4 Å². The molecule has 0 aliphatic carbocycles. The van der Waals surface area contributed by atoms with Crippen molar-refractivity contribution in [1.29, 1.82) is 0 Å². The van der Waals surface area contributed by atoms with Crippen molar-refractivity contribution in [2.45, 2.75) is 58.0 Å². The highest BCUT2D eigenvalue weighted by Gasteiger charge is 2.20. The van der Waals surface area contributed by atoms with Crippen molar-refractivity contribution < 1.29 is 4.79 Å². The first kappa shape index (κ1) is 18.3. The van der Waals surface area contributed by atoms with Crippen molar-refractivity contribution in [3.8, 4) is 0 Å². The molecule has 0 saturated carbocycles. The second-order valence-corrected chi connectivity index (χ2v) is 7.29. The average Bonchev–Trinajstić information content (AvgIpc) is 2.84. The van der Waals surface area contributed by atoms with Gasteiger partial charge in [-0.3, -0.25) is 9.36 Å². The number of carbonyl (C=O) groups excluding carboxylic acids is 1. The zero-order chi connectivity index (χ0) is 17.9. The van der Waals surface area contributed by atoms with E-state index in [1.165, 1.54) is 17.3 Å². The molecule has 1 aromatic carbocycles. The zero-order valence-corrected chi connectivity index (χ0v) is 15.6. The van der Waals surface area contributed by atoms with Gasteiger partial charge in [0.2, 0.25) is 5.91 Å². The first-order chi connectivity index (χ1) is 11.3. The molecular weight excluding hydrogens is 324 g/mol. The summed E-state index contributed by atoms with van der Waals surface area (Å²) in [6.45, 7) is 10.4. The monoisotopic (exact) mass is 348 g/mol. The number of H-pyrrole nitrogens is 1. The van der Waals surface area contributed by atoms with E-state index in [2.05, 4.69) is 15.5 Å². The summed E-state index contributed by atoms with van der Waals surface area (Å²) in [4.78, 5) is 24.2. The van der Waals surface area contributed by atoms with Crippen molar-refractivity contribution in [1.82, 2.24) is 14.8 Å². The second-order valence-electron chi connectivity index (χ2n) is 5.99. The summed E-state index contributed by atoms with van der Waals surface area (Å²) in [5.41, 5.74) is 3.87. The number of nitrogens with one attached hydrogen (secondary N) is 2. The fourth-order valence-corrected chi connectivity index (χ4v) is 3.51. The maximum Gasteiger partial charge on any atom is 0.343 e. The van der Waals surface area contributed by atoms with Crippen LogP contribution in [0.3, 0.4) is 0 Å². The van der Waals surface area contributed by atoms with E-state index in [-0.39, 0.29) is 16.8 Å². The van der Waals surface area contributed by atoms with Crippen LogP contribution >= 0.6 is 11.8 Å². The lowest BCUT2D eigenvalue weighted by atomic mass is 10.1. The zero-order valence-electron chi connectivity index (χ0n) is 14.8. The molecule has 0 aliphatic rings. The number of aromatic amines is 1. The van der Waals surface area contributed by atoms with Gasteiger partial charge in [-0.05, 0) is 45.2 Å². The molecule has 0 saturated heterocycles. The lowest BCUT2D eigenvalue weighted by molar-refractivity contribution is -0.115. The van der Waals surface area contributed by atoms with Crippen LogP contribution in [0.4, 0.5) is 5.69 Å². The predicted molar refractivity (Wildman–Crippen MR) is 97.7 cm³/mol. The standard InChI is InChI=1S/C17H24N4O2S/c1-6-7-21-16(23)19-20-17(21)24-13(5)15(22)18-14-11(3)8-10(2)9-12(14)4/h8-9,13H,6-7H2,1-5H3,(H,18,22)(H,19,23). The quantitative estimate of drug-likeness (QED) is 0.787. The van der Waals surface area contributed by atoms with Crippen molar-refractivity contribution in [2.75, 3.05) is 5.32 Å². The molecule has 130 valence electrons. The van der Waals surface area contributed by atoms with Crippen molar-refractivity contribution in [2.24, 2.45) is 0 Å². The van der Waals surface area contributed by atoms with Gasteiger partial charge >= 0.3 is 5.69 Å². The molecule has 0 aliphatic heterocycles. The molecule has 1 amide bonds. The van der Waals surface area contributed by atoms with Gasteiger partial charge in [-0.2, -0.15) is 0 Å². The van der Waals surface area contributed by atoms with Crippen LogP contribution in [-0.2, 0) is 11.3 Å². The Bertz CT molecular complexity index is 771. The first-order valence-corrected chi connectivity index (χ1v) is 8.92. The largest absolute Gasteiger partial charge is 0.343 e. The molecule has 0 fully saturated rings. The molecule has 1 atom stereocenters. The van der Waals surface area contributed by atoms with Crippen LogP contribution in [0.15, 0.2) is 22.1 Å². The molecule has 7 heteroatoms. The van der Waals surface area contributed by atoms with Crippen LogP contribution in [0.1, 0.15) is 37.0 Å². The van der Waals surface area contributed by atoms with Crippen LogP contribution in [0.25, 0.3) is 0 Å². The molecule has 1 unspecified atom stereocenters. The third kappa shape index (κ3) is 4.08. The Morgan fingerprint density at radius 3 is 2.54 bits per heavy atom. The van der Waals surface area contributed by atoms with Crippen molar-refractivity contribution in [3.05, 3.63) is 39.3 Å². The summed E-state index contributed by atoms with van der Waals surface area (Å²) in [6, 6.07) is 4.10. The molecule has 2 rings (SSSR count). The third-order valence-electron chi connectivity index (χ3n) is 3.75. The number of nitrogens with zero attached hydrogens (tertiary/aromatic N) is 2. The number of thioether (sulfide) groups is 1. The number of benzene rings is 1. The fourth-order valence-electron chi connectivity index (χ4n) is 2.63. The van der Waals surface area contributed by atoms with E-state index in [0.29, 0.717) is 11.7 Å². The van der Waals surface area contributed by atoms with Gasteiger partial charge in [0.05, 0.1) is 5.25 Å². The van der Waals surface area contributed by atoms with Crippen LogP contribution in [0, 0.1) is 20.8 Å². The van der Waals surface area contributed by atoms with Gasteiger partial charge in [0.1, 0.15) is 0 Å². The molecule has 0 radical (unpaired) electrons. The molecule has 0 bridgehead atoms. The van der Waals surface area contributed by atoms with Gasteiger partial charge < -0.3 is 5.32 Å². The summed E-state index contributed by atoms with van der Waals surface area (Å²) >= 11 is 1.28. The highest BCUT2D eigenvalue weighted by Crippen LogP contribution is 2.25. The number of aryl methyl sites for hydroxylation is 3. The number of rotatable bonds is 6.